The third-order valence-corrected chi connectivity index (χ3v) is 6.37. The quantitative estimate of drug-likeness (QED) is 0.373. The van der Waals surface area contributed by atoms with E-state index in [4.69, 9.17) is 14.5 Å². The molecule has 0 fully saturated rings. The number of ether oxygens (including phenoxy) is 2. The number of allylic oxidation sites excluding steroid dienone is 1. The fourth-order valence-corrected chi connectivity index (χ4v) is 4.54. The summed E-state index contributed by atoms with van der Waals surface area (Å²) in [5, 5.41) is 5.85. The van der Waals surface area contributed by atoms with Crippen molar-refractivity contribution in [2.45, 2.75) is 39.0 Å². The molecule has 2 atom stereocenters. The molecule has 32 heavy (non-hydrogen) atoms. The fourth-order valence-electron chi connectivity index (χ4n) is 2.94. The summed E-state index contributed by atoms with van der Waals surface area (Å²) in [6.07, 6.45) is 0.192. The predicted octanol–water partition coefficient (Wildman–Crippen LogP) is 4.67. The van der Waals surface area contributed by atoms with Gasteiger partial charge < -0.3 is 14.8 Å². The molecule has 0 saturated carbocycles. The number of halogens is 3. The molecule has 1 unspecified atom stereocenters. The topological polar surface area (TPSA) is 89.9 Å². The molecule has 1 aliphatic rings. The fraction of sp³-hybridized carbons (Fsp3) is 0.333. The molecule has 1 aromatic carbocycles. The van der Waals surface area contributed by atoms with E-state index >= 15 is 0 Å². The number of thiazole rings is 1. The Morgan fingerprint density at radius 3 is 2.62 bits per heavy atom. The molecule has 2 heterocycles. The van der Waals surface area contributed by atoms with Gasteiger partial charge in [0.15, 0.2) is 16.9 Å². The molecule has 2 aromatic rings. The van der Waals surface area contributed by atoms with Crippen LogP contribution in [-0.4, -0.2) is 40.3 Å². The first-order chi connectivity index (χ1) is 15.2. The van der Waals surface area contributed by atoms with Crippen LogP contribution in [0.4, 0.5) is 4.39 Å². The highest BCUT2D eigenvalue weighted by molar-refractivity contribution is 9.10. The Morgan fingerprint density at radius 2 is 2.03 bits per heavy atom. The van der Waals surface area contributed by atoms with Crippen LogP contribution in [0.1, 0.15) is 37.4 Å². The van der Waals surface area contributed by atoms with Crippen molar-refractivity contribution in [2.75, 3.05) is 5.33 Å². The lowest BCUT2D eigenvalue weighted by atomic mass is 9.96. The molecule has 0 spiro atoms. The van der Waals surface area contributed by atoms with E-state index in [2.05, 4.69) is 42.2 Å². The monoisotopic (exact) mass is 587 g/mol. The lowest BCUT2D eigenvalue weighted by Gasteiger charge is -2.27. The summed E-state index contributed by atoms with van der Waals surface area (Å²) in [4.78, 5) is 34.3. The van der Waals surface area contributed by atoms with Gasteiger partial charge in [-0.05, 0) is 38.5 Å². The van der Waals surface area contributed by atoms with Crippen molar-refractivity contribution in [1.82, 2.24) is 10.3 Å². The van der Waals surface area contributed by atoms with Gasteiger partial charge in [-0.15, -0.1) is 11.3 Å². The van der Waals surface area contributed by atoms with Crippen molar-refractivity contribution in [3.63, 3.8) is 0 Å². The van der Waals surface area contributed by atoms with Crippen LogP contribution in [0, 0.1) is 5.82 Å². The second-order valence-electron chi connectivity index (χ2n) is 7.07. The number of aliphatic imine (C=N–C) groups is 1. The summed E-state index contributed by atoms with van der Waals surface area (Å²) in [7, 11) is 0. The lowest BCUT2D eigenvalue weighted by Crippen LogP contribution is -2.36. The molecule has 0 radical (unpaired) electrons. The summed E-state index contributed by atoms with van der Waals surface area (Å²) in [5.74, 6) is -1.34. The number of nitrogens with zero attached hydrogens (tertiary/aromatic N) is 2. The van der Waals surface area contributed by atoms with Crippen LogP contribution < -0.4 is 5.32 Å². The Hall–Kier alpha value is -2.11. The first-order valence-corrected chi connectivity index (χ1v) is 12.4. The number of carbonyl (C=O) groups excluding carboxylic acids is 2. The van der Waals surface area contributed by atoms with Crippen molar-refractivity contribution < 1.29 is 23.5 Å². The largest absolute Gasteiger partial charge is 0.460 e. The van der Waals surface area contributed by atoms with E-state index in [1.54, 1.807) is 26.1 Å². The number of hydrogen-bond acceptors (Lipinski definition) is 8. The number of rotatable bonds is 7. The number of esters is 2. The average molecular weight is 589 g/mol. The maximum Gasteiger partial charge on any atom is 0.347 e. The van der Waals surface area contributed by atoms with Crippen molar-refractivity contribution in [1.29, 1.82) is 0 Å². The van der Waals surface area contributed by atoms with Gasteiger partial charge >= 0.3 is 11.9 Å². The van der Waals surface area contributed by atoms with Crippen molar-refractivity contribution in [2.24, 2.45) is 4.99 Å². The summed E-state index contributed by atoms with van der Waals surface area (Å²) < 4.78 is 24.7. The number of nitrogens with one attached hydrogen (secondary N) is 1. The normalized spacial score (nSPS) is 17.0. The van der Waals surface area contributed by atoms with Gasteiger partial charge in [0.1, 0.15) is 11.9 Å². The average Bonchev–Trinajstić information content (AvgIpc) is 3.27. The van der Waals surface area contributed by atoms with Crippen LogP contribution in [0.3, 0.4) is 0 Å². The maximum absolute atomic E-state index is 13.7. The van der Waals surface area contributed by atoms with Gasteiger partial charge in [0, 0.05) is 27.1 Å². The van der Waals surface area contributed by atoms with E-state index in [0.717, 1.165) is 0 Å². The van der Waals surface area contributed by atoms with Gasteiger partial charge in [0.05, 0.1) is 11.7 Å². The number of carbonyl (C=O) groups is 2. The van der Waals surface area contributed by atoms with Crippen molar-refractivity contribution in [3.05, 3.63) is 61.9 Å². The van der Waals surface area contributed by atoms with Crippen molar-refractivity contribution >= 4 is 61.0 Å². The lowest BCUT2D eigenvalue weighted by molar-refractivity contribution is -0.167. The Kier molecular flexibility index (Phi) is 8.18. The van der Waals surface area contributed by atoms with Crippen LogP contribution in [0.5, 0.6) is 0 Å². The maximum atomic E-state index is 13.7. The first-order valence-electron chi connectivity index (χ1n) is 9.61. The van der Waals surface area contributed by atoms with Crippen LogP contribution in [0.25, 0.3) is 0 Å². The Bertz CT molecular complexity index is 1070. The van der Waals surface area contributed by atoms with Gasteiger partial charge in [0.25, 0.3) is 0 Å². The second kappa shape index (κ2) is 10.7. The number of amidine groups is 1. The molecule has 1 N–H and O–H groups in total. The molecule has 11 heteroatoms. The van der Waals surface area contributed by atoms with Crippen LogP contribution in [0.2, 0.25) is 0 Å². The van der Waals surface area contributed by atoms with E-state index in [9.17, 15) is 14.0 Å². The predicted molar refractivity (Wildman–Crippen MR) is 126 cm³/mol. The van der Waals surface area contributed by atoms with Gasteiger partial charge in [-0.25, -0.2) is 19.0 Å². The molecule has 1 aromatic heterocycles. The molecule has 7 nitrogen and oxygen atoms in total. The summed E-state index contributed by atoms with van der Waals surface area (Å²) in [5.41, 5.74) is 1.25. The molecule has 0 saturated heterocycles. The molecule has 1 aliphatic heterocycles. The minimum atomic E-state index is -1.12. The molecule has 0 bridgehead atoms. The zero-order valence-corrected chi connectivity index (χ0v) is 21.4. The van der Waals surface area contributed by atoms with E-state index < -0.39 is 29.9 Å². The third kappa shape index (κ3) is 5.62. The van der Waals surface area contributed by atoms with E-state index in [0.29, 0.717) is 26.6 Å². The zero-order chi connectivity index (χ0) is 23.4. The Morgan fingerprint density at radius 1 is 1.28 bits per heavy atom. The zero-order valence-electron chi connectivity index (χ0n) is 17.4. The highest BCUT2D eigenvalue weighted by Gasteiger charge is 2.35. The molecule has 0 amide bonds. The highest BCUT2D eigenvalue weighted by atomic mass is 79.9. The summed E-state index contributed by atoms with van der Waals surface area (Å²) in [6.45, 7) is 4.86. The molecule has 170 valence electrons. The second-order valence-corrected chi connectivity index (χ2v) is 9.38. The van der Waals surface area contributed by atoms with E-state index in [1.165, 1.54) is 30.4 Å². The Balaban J connectivity index is 2.02. The minimum Gasteiger partial charge on any atom is -0.460 e. The van der Waals surface area contributed by atoms with Crippen LogP contribution in [-0.2, 0) is 19.1 Å². The first kappa shape index (κ1) is 24.5. The summed E-state index contributed by atoms with van der Waals surface area (Å²) >= 11 is 8.16. The summed E-state index contributed by atoms with van der Waals surface area (Å²) in [6, 6.07) is 3.32. The number of aromatic nitrogens is 1. The number of benzene rings is 1. The third-order valence-electron chi connectivity index (χ3n) is 4.34. The van der Waals surface area contributed by atoms with E-state index in [-0.39, 0.29) is 17.0 Å². The van der Waals surface area contributed by atoms with Gasteiger partial charge in [-0.3, -0.25) is 4.99 Å². The highest BCUT2D eigenvalue weighted by Crippen LogP contribution is 2.37. The van der Waals surface area contributed by atoms with Gasteiger partial charge in [-0.2, -0.15) is 0 Å². The SMILES string of the molecule is CC(C)OC(=O)[C@H](C)OC(=O)C1=C(CBr)NC(c2nccs2)=NC1c1ccc(F)cc1Br. The van der Waals surface area contributed by atoms with Crippen LogP contribution >= 0.6 is 43.2 Å². The Labute approximate surface area is 205 Å². The molecular formula is C21H20Br2FN3O4S. The molecule has 0 aliphatic carbocycles. The van der Waals surface area contributed by atoms with Crippen molar-refractivity contribution in [3.8, 4) is 0 Å². The molecule has 3 rings (SSSR count). The number of hydrogen-bond donors (Lipinski definition) is 1. The van der Waals surface area contributed by atoms with E-state index in [1.807, 2.05) is 5.38 Å². The van der Waals surface area contributed by atoms with Gasteiger partial charge in [0.2, 0.25) is 0 Å². The molecular weight excluding hydrogens is 569 g/mol. The van der Waals surface area contributed by atoms with Gasteiger partial charge in [-0.1, -0.05) is 37.9 Å². The number of alkyl halides is 1. The van der Waals surface area contributed by atoms with Crippen LogP contribution in [0.15, 0.2) is 50.5 Å². The minimum absolute atomic E-state index is 0.193. The smallest absolute Gasteiger partial charge is 0.347 e. The standard InChI is InChI=1S/C21H20Br2FN3O4S/c1-10(2)30-20(28)11(3)31-21(29)16-15(9-22)26-18(19-25-6-7-32-19)27-17(16)13-5-4-12(24)8-14(13)23/h4-8,10-11,17H,9H2,1-3H3,(H,26,27)/t11-,17?/m0/s1.